The lowest BCUT2D eigenvalue weighted by molar-refractivity contribution is 0.184. The molecule has 0 spiro atoms. The lowest BCUT2D eigenvalue weighted by Crippen LogP contribution is -2.33. The van der Waals surface area contributed by atoms with Crippen molar-refractivity contribution in [3.8, 4) is 0 Å². The van der Waals surface area contributed by atoms with E-state index in [1.807, 2.05) is 0 Å². The largest absolute Gasteiger partial charge is 0.328 e. The highest BCUT2D eigenvalue weighted by Crippen LogP contribution is 2.33. The maximum atomic E-state index is 6.05. The second kappa shape index (κ2) is 5.85. The van der Waals surface area contributed by atoms with Crippen LogP contribution < -0.4 is 5.73 Å². The predicted molar refractivity (Wildman–Crippen MR) is 77.4 cm³/mol. The number of likely N-dealkylation sites (tertiary alicyclic amines) is 1. The molecule has 1 aromatic carbocycles. The Kier molecular flexibility index (Phi) is 4.41. The van der Waals surface area contributed by atoms with Crippen LogP contribution >= 0.6 is 0 Å². The monoisotopic (exact) mass is 246 g/mol. The van der Waals surface area contributed by atoms with E-state index >= 15 is 0 Å². The second-order valence-corrected chi connectivity index (χ2v) is 6.00. The van der Waals surface area contributed by atoms with Crippen LogP contribution in [0.15, 0.2) is 30.3 Å². The third kappa shape index (κ3) is 2.93. The number of benzene rings is 1. The molecule has 0 aliphatic carbocycles. The van der Waals surface area contributed by atoms with Gasteiger partial charge in [0, 0.05) is 18.6 Å². The normalized spacial score (nSPS) is 24.4. The Bertz CT molecular complexity index is 359. The van der Waals surface area contributed by atoms with Crippen molar-refractivity contribution in [2.24, 2.45) is 17.6 Å². The lowest BCUT2D eigenvalue weighted by atomic mass is 9.94. The zero-order valence-electron chi connectivity index (χ0n) is 11.8. The van der Waals surface area contributed by atoms with Crippen molar-refractivity contribution in [2.75, 3.05) is 13.1 Å². The van der Waals surface area contributed by atoms with Gasteiger partial charge in [-0.05, 0) is 37.3 Å². The molecule has 1 aliphatic rings. The minimum absolute atomic E-state index is 0.318. The first-order chi connectivity index (χ1) is 8.59. The molecule has 1 aliphatic heterocycles. The van der Waals surface area contributed by atoms with Crippen molar-refractivity contribution in [3.63, 3.8) is 0 Å². The van der Waals surface area contributed by atoms with E-state index in [1.54, 1.807) is 0 Å². The van der Waals surface area contributed by atoms with Gasteiger partial charge in [-0.3, -0.25) is 4.90 Å². The summed E-state index contributed by atoms with van der Waals surface area (Å²) in [5, 5.41) is 0. The van der Waals surface area contributed by atoms with Crippen molar-refractivity contribution in [1.82, 2.24) is 4.90 Å². The minimum Gasteiger partial charge on any atom is -0.328 e. The zero-order chi connectivity index (χ0) is 13.1. The number of hydrogen-bond donors (Lipinski definition) is 1. The molecule has 0 saturated carbocycles. The van der Waals surface area contributed by atoms with Crippen LogP contribution in [0.4, 0.5) is 0 Å². The van der Waals surface area contributed by atoms with E-state index in [-0.39, 0.29) is 0 Å². The number of nitrogens with zero attached hydrogens (tertiary/aromatic N) is 1. The van der Waals surface area contributed by atoms with Gasteiger partial charge in [-0.15, -0.1) is 0 Å². The molecule has 3 atom stereocenters. The van der Waals surface area contributed by atoms with Gasteiger partial charge in [0.05, 0.1) is 0 Å². The maximum Gasteiger partial charge on any atom is 0.0371 e. The van der Waals surface area contributed by atoms with Crippen LogP contribution in [0.25, 0.3) is 0 Å². The zero-order valence-corrected chi connectivity index (χ0v) is 11.8. The maximum absolute atomic E-state index is 6.05. The third-order valence-corrected chi connectivity index (χ3v) is 4.17. The van der Waals surface area contributed by atoms with Crippen molar-refractivity contribution in [1.29, 1.82) is 0 Å². The van der Waals surface area contributed by atoms with Gasteiger partial charge in [-0.1, -0.05) is 44.2 Å². The molecule has 0 radical (unpaired) electrons. The summed E-state index contributed by atoms with van der Waals surface area (Å²) >= 11 is 0. The van der Waals surface area contributed by atoms with Crippen LogP contribution in [0.3, 0.4) is 0 Å². The Labute approximate surface area is 111 Å². The van der Waals surface area contributed by atoms with Gasteiger partial charge in [-0.25, -0.2) is 0 Å². The van der Waals surface area contributed by atoms with Gasteiger partial charge in [0.25, 0.3) is 0 Å². The summed E-state index contributed by atoms with van der Waals surface area (Å²) in [6.07, 6.45) is 1.24. The average Bonchev–Trinajstić information content (AvgIpc) is 2.79. The fourth-order valence-corrected chi connectivity index (χ4v) is 3.16. The minimum atomic E-state index is 0.318. The second-order valence-electron chi connectivity index (χ2n) is 6.00. The molecular weight excluding hydrogens is 220 g/mol. The van der Waals surface area contributed by atoms with Crippen LogP contribution in [-0.4, -0.2) is 24.0 Å². The van der Waals surface area contributed by atoms with Crippen molar-refractivity contribution < 1.29 is 0 Å². The summed E-state index contributed by atoms with van der Waals surface area (Å²) in [6.45, 7) is 9.11. The van der Waals surface area contributed by atoms with Crippen molar-refractivity contribution >= 4 is 0 Å². The molecule has 1 fully saturated rings. The van der Waals surface area contributed by atoms with Gasteiger partial charge in [0.15, 0.2) is 0 Å². The molecule has 0 bridgehead atoms. The van der Waals surface area contributed by atoms with Crippen LogP contribution in [0, 0.1) is 11.8 Å². The predicted octanol–water partition coefficient (Wildman–Crippen LogP) is 3.05. The third-order valence-electron chi connectivity index (χ3n) is 4.17. The summed E-state index contributed by atoms with van der Waals surface area (Å²) < 4.78 is 0. The van der Waals surface area contributed by atoms with E-state index in [9.17, 15) is 0 Å². The molecule has 100 valence electrons. The number of hydrogen-bond acceptors (Lipinski definition) is 2. The first kappa shape index (κ1) is 13.6. The summed E-state index contributed by atoms with van der Waals surface area (Å²) in [4.78, 5) is 2.62. The van der Waals surface area contributed by atoms with Crippen molar-refractivity contribution in [3.05, 3.63) is 35.9 Å². The lowest BCUT2D eigenvalue weighted by Gasteiger charge is -2.32. The molecule has 1 aromatic rings. The fraction of sp³-hybridized carbons (Fsp3) is 0.625. The summed E-state index contributed by atoms with van der Waals surface area (Å²) in [7, 11) is 0. The number of rotatable bonds is 4. The highest BCUT2D eigenvalue weighted by atomic mass is 15.2. The van der Waals surface area contributed by atoms with Gasteiger partial charge >= 0.3 is 0 Å². The van der Waals surface area contributed by atoms with E-state index in [0.29, 0.717) is 23.9 Å². The van der Waals surface area contributed by atoms with Crippen LogP contribution in [0.5, 0.6) is 0 Å². The van der Waals surface area contributed by atoms with Gasteiger partial charge in [-0.2, -0.15) is 0 Å². The Hall–Kier alpha value is -0.860. The summed E-state index contributed by atoms with van der Waals surface area (Å²) in [6, 6.07) is 11.7. The van der Waals surface area contributed by atoms with E-state index in [4.69, 9.17) is 5.73 Å². The Balaban J connectivity index is 2.13. The van der Waals surface area contributed by atoms with Gasteiger partial charge < -0.3 is 5.73 Å². The van der Waals surface area contributed by atoms with Crippen LogP contribution in [0.1, 0.15) is 38.8 Å². The molecule has 1 heterocycles. The Morgan fingerprint density at radius 1 is 1.17 bits per heavy atom. The SMILES string of the molecule is CC(C)C(c1ccccc1)N1CCC(C(C)N)C1. The Morgan fingerprint density at radius 3 is 2.33 bits per heavy atom. The van der Waals surface area contributed by atoms with Crippen LogP contribution in [0.2, 0.25) is 0 Å². The molecular formula is C16H26N2. The first-order valence-corrected chi connectivity index (χ1v) is 7.14. The fourth-order valence-electron chi connectivity index (χ4n) is 3.16. The molecule has 2 rings (SSSR count). The van der Waals surface area contributed by atoms with Crippen molar-refractivity contribution in [2.45, 2.75) is 39.3 Å². The molecule has 2 heteroatoms. The molecule has 0 aromatic heterocycles. The quantitative estimate of drug-likeness (QED) is 0.884. The number of nitrogens with two attached hydrogens (primary N) is 1. The molecule has 2 nitrogen and oxygen atoms in total. The van der Waals surface area contributed by atoms with E-state index in [2.05, 4.69) is 56.0 Å². The van der Waals surface area contributed by atoms with Crippen LogP contribution in [-0.2, 0) is 0 Å². The van der Waals surface area contributed by atoms with E-state index < -0.39 is 0 Å². The highest BCUT2D eigenvalue weighted by molar-refractivity contribution is 5.20. The highest BCUT2D eigenvalue weighted by Gasteiger charge is 2.32. The average molecular weight is 246 g/mol. The molecule has 3 unspecified atom stereocenters. The first-order valence-electron chi connectivity index (χ1n) is 7.14. The standard InChI is InChI=1S/C16H26N2/c1-12(2)16(14-7-5-4-6-8-14)18-10-9-15(11-18)13(3)17/h4-8,12-13,15-16H,9-11,17H2,1-3H3. The van der Waals surface area contributed by atoms with Gasteiger partial charge in [0.2, 0.25) is 0 Å². The van der Waals surface area contributed by atoms with Gasteiger partial charge in [0.1, 0.15) is 0 Å². The summed E-state index contributed by atoms with van der Waals surface area (Å²) in [5.74, 6) is 1.30. The molecule has 18 heavy (non-hydrogen) atoms. The van der Waals surface area contributed by atoms with E-state index in [0.717, 1.165) is 6.54 Å². The Morgan fingerprint density at radius 2 is 1.83 bits per heavy atom. The smallest absolute Gasteiger partial charge is 0.0371 e. The molecule has 1 saturated heterocycles. The topological polar surface area (TPSA) is 29.3 Å². The van der Waals surface area contributed by atoms with E-state index in [1.165, 1.54) is 18.5 Å². The molecule has 0 amide bonds. The summed E-state index contributed by atoms with van der Waals surface area (Å²) in [5.41, 5.74) is 7.49. The molecule has 2 N–H and O–H groups in total.